The smallest absolute Gasteiger partial charge is 0.490 e. The van der Waals surface area contributed by atoms with E-state index < -0.39 is 12.1 Å². The van der Waals surface area contributed by atoms with Gasteiger partial charge in [-0.25, -0.2) is 9.78 Å². The molecule has 3 N–H and O–H groups in total. The van der Waals surface area contributed by atoms with E-state index in [2.05, 4.69) is 22.2 Å². The molecule has 1 aromatic carbocycles. The van der Waals surface area contributed by atoms with Crippen LogP contribution in [-0.4, -0.2) is 39.1 Å². The largest absolute Gasteiger partial charge is 0.497 e. The molecule has 0 spiro atoms. The monoisotopic (exact) mass is 428 g/mol. The molecule has 0 atom stereocenters. The first-order chi connectivity index (χ1) is 13.6. The van der Waals surface area contributed by atoms with Crippen molar-refractivity contribution in [3.63, 3.8) is 0 Å². The summed E-state index contributed by atoms with van der Waals surface area (Å²) in [5.41, 5.74) is 8.87. The van der Waals surface area contributed by atoms with E-state index in [1.165, 1.54) is 16.9 Å². The molecule has 0 radical (unpaired) electrons. The third-order valence-electron chi connectivity index (χ3n) is 3.72. The Hall–Kier alpha value is -3.08. The molecule has 0 unspecified atom stereocenters. The highest BCUT2D eigenvalue weighted by Crippen LogP contribution is 2.29. The zero-order valence-electron chi connectivity index (χ0n) is 15.6. The minimum absolute atomic E-state index is 0.584. The Bertz CT molecular complexity index is 952. The minimum atomic E-state index is -5.08. The van der Waals surface area contributed by atoms with Crippen LogP contribution in [0.15, 0.2) is 36.5 Å². The lowest BCUT2D eigenvalue weighted by molar-refractivity contribution is -0.192. The molecule has 0 bridgehead atoms. The van der Waals surface area contributed by atoms with Gasteiger partial charge in [-0.1, -0.05) is 23.5 Å². The second-order valence-corrected chi connectivity index (χ2v) is 6.86. The van der Waals surface area contributed by atoms with Crippen molar-refractivity contribution in [3.05, 3.63) is 47.8 Å². The number of methoxy groups -OCH3 is 1. The lowest BCUT2D eigenvalue weighted by Gasteiger charge is -2.04. The van der Waals surface area contributed by atoms with E-state index in [0.29, 0.717) is 5.13 Å². The number of aliphatic carboxylic acids is 1. The minimum Gasteiger partial charge on any atom is -0.497 e. The molecule has 0 saturated heterocycles. The van der Waals surface area contributed by atoms with E-state index in [9.17, 15) is 13.2 Å². The molecule has 2 aromatic heterocycles. The zero-order valence-corrected chi connectivity index (χ0v) is 16.4. The van der Waals surface area contributed by atoms with Crippen LogP contribution < -0.4 is 10.5 Å². The van der Waals surface area contributed by atoms with Crippen LogP contribution in [0, 0.1) is 6.92 Å². The van der Waals surface area contributed by atoms with Crippen LogP contribution in [0.1, 0.15) is 11.3 Å². The number of thiazole rings is 1. The van der Waals surface area contributed by atoms with E-state index in [0.717, 1.165) is 35.0 Å². The number of aromatic nitrogens is 3. The Morgan fingerprint density at radius 3 is 2.38 bits per heavy atom. The predicted octanol–water partition coefficient (Wildman–Crippen LogP) is 3.78. The molecule has 3 aromatic rings. The number of anilines is 1. The van der Waals surface area contributed by atoms with Crippen molar-refractivity contribution in [2.45, 2.75) is 26.1 Å². The van der Waals surface area contributed by atoms with Crippen molar-refractivity contribution >= 4 is 22.4 Å². The normalized spacial score (nSPS) is 10.9. The molecule has 2 heterocycles. The number of ether oxygens (including phenoxy) is 1. The number of aryl methyl sites for hydroxylation is 3. The van der Waals surface area contributed by atoms with Crippen LogP contribution in [0.2, 0.25) is 0 Å². The first-order valence-corrected chi connectivity index (χ1v) is 9.11. The Balaban J connectivity index is 0.000000370. The number of rotatable bonds is 5. The molecule has 0 amide bonds. The number of hydrogen-bond donors (Lipinski definition) is 2. The van der Waals surface area contributed by atoms with Crippen molar-refractivity contribution in [1.29, 1.82) is 0 Å². The molecular weight excluding hydrogens is 409 g/mol. The lowest BCUT2D eigenvalue weighted by Crippen LogP contribution is -2.21. The number of nitrogens with two attached hydrogens (primary N) is 1. The number of carboxylic acid groups (broad SMARTS) is 1. The van der Waals surface area contributed by atoms with Crippen LogP contribution in [-0.2, 0) is 17.8 Å². The van der Waals surface area contributed by atoms with Crippen LogP contribution in [0.5, 0.6) is 5.75 Å². The summed E-state index contributed by atoms with van der Waals surface area (Å²) < 4.78 is 38.9. The van der Waals surface area contributed by atoms with Gasteiger partial charge in [0.15, 0.2) is 5.13 Å². The van der Waals surface area contributed by atoms with Gasteiger partial charge in [0.1, 0.15) is 11.4 Å². The van der Waals surface area contributed by atoms with Gasteiger partial charge in [0.25, 0.3) is 0 Å². The number of hydrogen-bond acceptors (Lipinski definition) is 6. The Kier molecular flexibility index (Phi) is 7.21. The highest BCUT2D eigenvalue weighted by atomic mass is 32.1. The molecule has 0 aliphatic heterocycles. The van der Waals surface area contributed by atoms with Gasteiger partial charge in [-0.3, -0.25) is 4.68 Å². The van der Waals surface area contributed by atoms with Gasteiger partial charge < -0.3 is 15.6 Å². The average molecular weight is 428 g/mol. The average Bonchev–Trinajstić information content (AvgIpc) is 3.26. The van der Waals surface area contributed by atoms with Crippen molar-refractivity contribution in [3.8, 4) is 16.3 Å². The number of carboxylic acids is 1. The summed E-state index contributed by atoms with van der Waals surface area (Å²) in [6, 6.07) is 10.1. The summed E-state index contributed by atoms with van der Waals surface area (Å²) in [5.74, 6) is -1.88. The standard InChI is InChI=1S/C16H18N4OS.C2HF3O2/c1-11-15(22-16(17)18-11)14-8-10-20(19-14)9-7-12-3-5-13(21-2)6-4-12;3-2(4,5)1(6)7/h3-6,8,10H,7,9H2,1-2H3,(H2,17,18);(H,6,7). The van der Waals surface area contributed by atoms with E-state index >= 15 is 0 Å². The van der Waals surface area contributed by atoms with Crippen molar-refractivity contribution in [2.75, 3.05) is 12.8 Å². The first-order valence-electron chi connectivity index (χ1n) is 8.30. The van der Waals surface area contributed by atoms with E-state index in [-0.39, 0.29) is 0 Å². The molecule has 0 saturated carbocycles. The molecule has 11 heteroatoms. The molecule has 29 heavy (non-hydrogen) atoms. The van der Waals surface area contributed by atoms with Gasteiger partial charge in [-0.15, -0.1) is 0 Å². The topological polar surface area (TPSA) is 103 Å². The van der Waals surface area contributed by atoms with Crippen molar-refractivity contribution in [1.82, 2.24) is 14.8 Å². The van der Waals surface area contributed by atoms with Crippen molar-refractivity contribution in [2.24, 2.45) is 0 Å². The number of nitrogen functional groups attached to an aromatic ring is 1. The summed E-state index contributed by atoms with van der Waals surface area (Å²) in [5, 5.41) is 12.3. The number of halogens is 3. The van der Waals surface area contributed by atoms with Crippen LogP contribution >= 0.6 is 11.3 Å². The van der Waals surface area contributed by atoms with Crippen LogP contribution in [0.3, 0.4) is 0 Å². The number of benzene rings is 1. The second kappa shape index (κ2) is 9.41. The van der Waals surface area contributed by atoms with Gasteiger partial charge in [-0.05, 0) is 37.1 Å². The maximum absolute atomic E-state index is 10.6. The summed E-state index contributed by atoms with van der Waals surface area (Å²) in [4.78, 5) is 14.2. The molecule has 0 aliphatic rings. The lowest BCUT2D eigenvalue weighted by atomic mass is 10.1. The quantitative estimate of drug-likeness (QED) is 0.641. The Morgan fingerprint density at radius 2 is 1.90 bits per heavy atom. The molecular formula is C18H19F3N4O3S. The Labute approximate surface area is 168 Å². The first kappa shape index (κ1) is 22.2. The predicted molar refractivity (Wildman–Crippen MR) is 103 cm³/mol. The fourth-order valence-electron chi connectivity index (χ4n) is 2.30. The second-order valence-electron chi connectivity index (χ2n) is 5.83. The SMILES string of the molecule is COc1ccc(CCn2ccc(-c3sc(N)nc3C)n2)cc1.O=C(O)C(F)(F)F. The van der Waals surface area contributed by atoms with E-state index in [1.807, 2.05) is 36.0 Å². The van der Waals surface area contributed by atoms with Gasteiger partial charge in [-0.2, -0.15) is 18.3 Å². The van der Waals surface area contributed by atoms with Gasteiger partial charge in [0.2, 0.25) is 0 Å². The maximum Gasteiger partial charge on any atom is 0.490 e. The van der Waals surface area contributed by atoms with Gasteiger partial charge >= 0.3 is 12.1 Å². The summed E-state index contributed by atoms with van der Waals surface area (Å²) in [6.45, 7) is 2.79. The number of alkyl halides is 3. The molecule has 0 fully saturated rings. The third-order valence-corrected chi connectivity index (χ3v) is 4.73. The zero-order chi connectivity index (χ0) is 21.6. The van der Waals surface area contributed by atoms with Gasteiger partial charge in [0, 0.05) is 12.7 Å². The maximum atomic E-state index is 10.6. The third kappa shape index (κ3) is 6.49. The number of nitrogens with zero attached hydrogens (tertiary/aromatic N) is 3. The Morgan fingerprint density at radius 1 is 1.28 bits per heavy atom. The summed E-state index contributed by atoms with van der Waals surface area (Å²) in [7, 11) is 1.68. The highest BCUT2D eigenvalue weighted by molar-refractivity contribution is 7.18. The highest BCUT2D eigenvalue weighted by Gasteiger charge is 2.38. The molecule has 0 aliphatic carbocycles. The van der Waals surface area contributed by atoms with E-state index in [4.69, 9.17) is 20.4 Å². The summed E-state index contributed by atoms with van der Waals surface area (Å²) >= 11 is 1.48. The van der Waals surface area contributed by atoms with Crippen molar-refractivity contribution < 1.29 is 27.8 Å². The fraction of sp³-hybridized carbons (Fsp3) is 0.278. The van der Waals surface area contributed by atoms with Crippen LogP contribution in [0.25, 0.3) is 10.6 Å². The summed E-state index contributed by atoms with van der Waals surface area (Å²) in [6.07, 6.45) is -2.16. The van der Waals surface area contributed by atoms with E-state index in [1.54, 1.807) is 7.11 Å². The van der Waals surface area contributed by atoms with Crippen LogP contribution in [0.4, 0.5) is 18.3 Å². The number of carbonyl (C=O) groups is 1. The molecule has 7 nitrogen and oxygen atoms in total. The molecule has 3 rings (SSSR count). The molecule has 156 valence electrons. The van der Waals surface area contributed by atoms with Gasteiger partial charge in [0.05, 0.1) is 17.7 Å². The fourth-order valence-corrected chi connectivity index (χ4v) is 3.10.